The smallest absolute Gasteiger partial charge is 0.120 e. The van der Waals surface area contributed by atoms with E-state index in [1.165, 1.54) is 0 Å². The van der Waals surface area contributed by atoms with E-state index in [0.29, 0.717) is 17.9 Å². The van der Waals surface area contributed by atoms with Crippen molar-refractivity contribution in [3.05, 3.63) is 34.3 Å². The second-order valence-electron chi connectivity index (χ2n) is 2.83. The molecule has 0 atom stereocenters. The molecule has 0 saturated carbocycles. The molecule has 0 saturated heterocycles. The van der Waals surface area contributed by atoms with Gasteiger partial charge in [-0.25, -0.2) is 0 Å². The largest absolute Gasteiger partial charge is 0.392 e. The van der Waals surface area contributed by atoms with Crippen molar-refractivity contribution in [3.63, 3.8) is 0 Å². The number of aliphatic hydroxyl groups is 1. The van der Waals surface area contributed by atoms with Crippen molar-refractivity contribution >= 4 is 17.9 Å². The van der Waals surface area contributed by atoms with E-state index in [9.17, 15) is 4.79 Å². The van der Waals surface area contributed by atoms with Crippen LogP contribution in [0.3, 0.4) is 0 Å². The second-order valence-corrected chi connectivity index (χ2v) is 3.27. The summed E-state index contributed by atoms with van der Waals surface area (Å²) in [6.45, 7) is -0.0192. The Morgan fingerprint density at radius 2 is 2.00 bits per heavy atom. The third-order valence-corrected chi connectivity index (χ3v) is 1.97. The standard InChI is InChI=1S/C10H11ClO2/c11-10-5-8(2-1-3-12)4-9(6-10)7-13/h3-6,13H,1-2,7H2. The monoisotopic (exact) mass is 198 g/mol. The van der Waals surface area contributed by atoms with Crippen LogP contribution in [0.1, 0.15) is 17.5 Å². The molecule has 0 aliphatic carbocycles. The van der Waals surface area contributed by atoms with Gasteiger partial charge < -0.3 is 9.90 Å². The lowest BCUT2D eigenvalue weighted by atomic mass is 10.1. The van der Waals surface area contributed by atoms with Gasteiger partial charge in [0.05, 0.1) is 6.61 Å². The molecule has 0 aromatic heterocycles. The first-order valence-corrected chi connectivity index (χ1v) is 4.47. The summed E-state index contributed by atoms with van der Waals surface area (Å²) < 4.78 is 0. The van der Waals surface area contributed by atoms with Crippen LogP contribution in [0.4, 0.5) is 0 Å². The van der Waals surface area contributed by atoms with Crippen LogP contribution in [0.5, 0.6) is 0 Å². The van der Waals surface area contributed by atoms with Crippen LogP contribution >= 0.6 is 11.6 Å². The van der Waals surface area contributed by atoms with E-state index in [0.717, 1.165) is 17.4 Å². The molecule has 0 bridgehead atoms. The molecule has 0 aliphatic heterocycles. The summed E-state index contributed by atoms with van der Waals surface area (Å²) in [5.41, 5.74) is 1.78. The van der Waals surface area contributed by atoms with Crippen LogP contribution in [0.25, 0.3) is 0 Å². The zero-order valence-corrected chi connectivity index (χ0v) is 7.92. The summed E-state index contributed by atoms with van der Waals surface area (Å²) in [5, 5.41) is 9.49. The number of carbonyl (C=O) groups excluding carboxylic acids is 1. The summed E-state index contributed by atoms with van der Waals surface area (Å²) in [7, 11) is 0. The Balaban J connectivity index is 2.81. The Bertz CT molecular complexity index is 297. The molecule has 0 spiro atoms. The fourth-order valence-corrected chi connectivity index (χ4v) is 1.46. The van der Waals surface area contributed by atoms with Gasteiger partial charge in [-0.2, -0.15) is 0 Å². The molecular weight excluding hydrogens is 188 g/mol. The molecule has 0 radical (unpaired) electrons. The van der Waals surface area contributed by atoms with Gasteiger partial charge in [0.1, 0.15) is 6.29 Å². The molecule has 2 nitrogen and oxygen atoms in total. The third kappa shape index (κ3) is 3.17. The number of aryl methyl sites for hydroxylation is 1. The number of hydrogen-bond donors (Lipinski definition) is 1. The van der Waals surface area contributed by atoms with Crippen LogP contribution in [0, 0.1) is 0 Å². The first-order chi connectivity index (χ1) is 6.26. The molecule has 1 aromatic rings. The van der Waals surface area contributed by atoms with Gasteiger partial charge in [0.25, 0.3) is 0 Å². The molecule has 3 heteroatoms. The van der Waals surface area contributed by atoms with E-state index < -0.39 is 0 Å². The normalized spacial score (nSPS) is 10.0. The van der Waals surface area contributed by atoms with Gasteiger partial charge in [-0.05, 0) is 29.7 Å². The van der Waals surface area contributed by atoms with E-state index in [1.807, 2.05) is 12.1 Å². The molecule has 70 valence electrons. The topological polar surface area (TPSA) is 37.3 Å². The van der Waals surface area contributed by atoms with Crippen molar-refractivity contribution in [3.8, 4) is 0 Å². The molecule has 13 heavy (non-hydrogen) atoms. The molecule has 0 amide bonds. The highest BCUT2D eigenvalue weighted by Gasteiger charge is 1.98. The van der Waals surface area contributed by atoms with E-state index >= 15 is 0 Å². The van der Waals surface area contributed by atoms with Crippen LogP contribution in [0.2, 0.25) is 5.02 Å². The minimum absolute atomic E-state index is 0.0192. The Morgan fingerprint density at radius 3 is 2.62 bits per heavy atom. The van der Waals surface area contributed by atoms with Crippen LogP contribution in [0.15, 0.2) is 18.2 Å². The van der Waals surface area contributed by atoms with Gasteiger partial charge in [-0.3, -0.25) is 0 Å². The summed E-state index contributed by atoms with van der Waals surface area (Å²) in [6.07, 6.45) is 2.04. The quantitative estimate of drug-likeness (QED) is 0.752. The highest BCUT2D eigenvalue weighted by Crippen LogP contribution is 2.16. The summed E-state index contributed by atoms with van der Waals surface area (Å²) >= 11 is 5.81. The van der Waals surface area contributed by atoms with Crippen molar-refractivity contribution in [2.24, 2.45) is 0 Å². The lowest BCUT2D eigenvalue weighted by Crippen LogP contribution is -1.90. The average Bonchev–Trinajstić information content (AvgIpc) is 2.14. The summed E-state index contributed by atoms with van der Waals surface area (Å²) in [6, 6.07) is 5.38. The van der Waals surface area contributed by atoms with Crippen molar-refractivity contribution in [2.75, 3.05) is 0 Å². The average molecular weight is 199 g/mol. The zero-order chi connectivity index (χ0) is 9.68. The van der Waals surface area contributed by atoms with Crippen molar-refractivity contribution in [2.45, 2.75) is 19.4 Å². The second kappa shape index (κ2) is 5.00. The van der Waals surface area contributed by atoms with Gasteiger partial charge >= 0.3 is 0 Å². The molecule has 1 aromatic carbocycles. The van der Waals surface area contributed by atoms with Crippen molar-refractivity contribution < 1.29 is 9.90 Å². The maximum Gasteiger partial charge on any atom is 0.120 e. The van der Waals surface area contributed by atoms with E-state index in [2.05, 4.69) is 0 Å². The molecule has 0 unspecified atom stereocenters. The molecule has 0 fully saturated rings. The number of aldehydes is 1. The Morgan fingerprint density at radius 1 is 1.31 bits per heavy atom. The lowest BCUT2D eigenvalue weighted by Gasteiger charge is -2.02. The van der Waals surface area contributed by atoms with E-state index in [1.54, 1.807) is 6.07 Å². The minimum atomic E-state index is -0.0192. The predicted octanol–water partition coefficient (Wildman–Crippen LogP) is 1.96. The third-order valence-electron chi connectivity index (χ3n) is 1.75. The first kappa shape index (κ1) is 10.2. The number of benzene rings is 1. The minimum Gasteiger partial charge on any atom is -0.392 e. The van der Waals surface area contributed by atoms with Crippen molar-refractivity contribution in [1.82, 2.24) is 0 Å². The molecule has 1 N–H and O–H groups in total. The highest BCUT2D eigenvalue weighted by molar-refractivity contribution is 6.30. The van der Waals surface area contributed by atoms with Gasteiger partial charge in [0, 0.05) is 11.4 Å². The van der Waals surface area contributed by atoms with Gasteiger partial charge in [0.15, 0.2) is 0 Å². The van der Waals surface area contributed by atoms with E-state index in [-0.39, 0.29) is 6.61 Å². The highest BCUT2D eigenvalue weighted by atomic mass is 35.5. The maximum absolute atomic E-state index is 10.1. The maximum atomic E-state index is 10.1. The first-order valence-electron chi connectivity index (χ1n) is 4.09. The zero-order valence-electron chi connectivity index (χ0n) is 7.16. The Labute approximate surface area is 82.2 Å². The fraction of sp³-hybridized carbons (Fsp3) is 0.300. The van der Waals surface area contributed by atoms with Gasteiger partial charge in [-0.1, -0.05) is 17.7 Å². The van der Waals surface area contributed by atoms with Crippen LogP contribution in [-0.2, 0) is 17.8 Å². The Kier molecular flexibility index (Phi) is 3.93. The fourth-order valence-electron chi connectivity index (χ4n) is 1.18. The molecule has 0 aliphatic rings. The molecule has 0 heterocycles. The number of halogens is 1. The number of aliphatic hydroxyl groups excluding tert-OH is 1. The van der Waals surface area contributed by atoms with Crippen molar-refractivity contribution in [1.29, 1.82) is 0 Å². The predicted molar refractivity (Wildman–Crippen MR) is 51.8 cm³/mol. The summed E-state index contributed by atoms with van der Waals surface area (Å²) in [5.74, 6) is 0. The van der Waals surface area contributed by atoms with Gasteiger partial charge in [0.2, 0.25) is 0 Å². The number of carbonyl (C=O) groups is 1. The summed E-state index contributed by atoms with van der Waals surface area (Å²) in [4.78, 5) is 10.1. The number of rotatable bonds is 4. The van der Waals surface area contributed by atoms with Crippen LogP contribution < -0.4 is 0 Å². The van der Waals surface area contributed by atoms with E-state index in [4.69, 9.17) is 16.7 Å². The molecule has 1 rings (SSSR count). The Hall–Kier alpha value is -0.860. The SMILES string of the molecule is O=CCCc1cc(Cl)cc(CO)c1. The molecular formula is C10H11ClO2. The van der Waals surface area contributed by atoms with Gasteiger partial charge in [-0.15, -0.1) is 0 Å². The lowest BCUT2D eigenvalue weighted by molar-refractivity contribution is -0.107. The number of hydrogen-bond acceptors (Lipinski definition) is 2. The van der Waals surface area contributed by atoms with Crippen LogP contribution in [-0.4, -0.2) is 11.4 Å².